The molecule has 0 atom stereocenters. The first-order valence-electron chi connectivity index (χ1n) is 50.5. The molecule has 0 spiro atoms. The molecule has 8 N–H and O–H groups in total. The van der Waals surface area contributed by atoms with E-state index in [-0.39, 0.29) is 46.0 Å². The molecule has 0 aliphatic carbocycles. The summed E-state index contributed by atoms with van der Waals surface area (Å²) in [5, 5.41) is 83.6. The monoisotopic (exact) mass is 1880 g/mol. The summed E-state index contributed by atoms with van der Waals surface area (Å²) in [6.07, 6.45) is 21.2. The Hall–Kier alpha value is -13.8. The number of rotatable bonds is 28. The number of aryl methyl sites for hydroxylation is 4. The first kappa shape index (κ1) is 97.9. The minimum absolute atomic E-state index is 0.248. The van der Waals surface area contributed by atoms with Crippen LogP contribution in [-0.2, 0) is 26.2 Å². The molecular weight excluding hydrogens is 1750 g/mol. The van der Waals surface area contributed by atoms with E-state index in [0.717, 1.165) is 186 Å². The highest BCUT2D eigenvalue weighted by atomic mass is 16.5. The van der Waals surface area contributed by atoms with E-state index in [9.17, 15) is 40.9 Å². The van der Waals surface area contributed by atoms with Gasteiger partial charge in [-0.2, -0.15) is 0 Å². The van der Waals surface area contributed by atoms with E-state index < -0.39 is 0 Å². The van der Waals surface area contributed by atoms with Gasteiger partial charge in [-0.25, -0.2) is 0 Å². The second kappa shape index (κ2) is 47.3. The standard InChI is InChI=1S/4C30H34N2O3/c4*1-22-28-20-26(34)12-15-29(28)32(30(22)24-8-10-25(33)11-9-24)21-23-6-13-27(14-7-23)35-19-18-31-16-4-2-3-5-17-31/h4*6-15,20,33-34H,2-5,16-19,21H2,1H3. The van der Waals surface area contributed by atoms with Crippen molar-refractivity contribution in [1.82, 2.24) is 37.9 Å². The molecule has 0 radical (unpaired) electrons. The minimum atomic E-state index is 0.248. The molecule has 0 amide bonds. The lowest BCUT2D eigenvalue weighted by molar-refractivity contribution is 0.214. The molecule has 4 aromatic heterocycles. The van der Waals surface area contributed by atoms with Crippen LogP contribution >= 0.6 is 0 Å². The first-order valence-corrected chi connectivity index (χ1v) is 50.5. The Bertz CT molecular complexity index is 5880. The quantitative estimate of drug-likeness (QED) is 0.0228. The van der Waals surface area contributed by atoms with Gasteiger partial charge in [0.1, 0.15) is 95.4 Å². The summed E-state index contributed by atoms with van der Waals surface area (Å²) >= 11 is 0. The van der Waals surface area contributed by atoms with Crippen molar-refractivity contribution in [3.63, 3.8) is 0 Å². The van der Waals surface area contributed by atoms with Crippen molar-refractivity contribution in [2.45, 2.75) is 157 Å². The fourth-order valence-corrected chi connectivity index (χ4v) is 20.8. The van der Waals surface area contributed by atoms with Crippen LogP contribution in [0.2, 0.25) is 0 Å². The Morgan fingerprint density at radius 2 is 0.371 bits per heavy atom. The zero-order valence-electron chi connectivity index (χ0n) is 81.6. The number of ether oxygens (including phenoxy) is 4. The van der Waals surface area contributed by atoms with Gasteiger partial charge in [-0.1, -0.05) is 99.9 Å². The van der Waals surface area contributed by atoms with Crippen LogP contribution in [0.3, 0.4) is 0 Å². The van der Waals surface area contributed by atoms with Crippen molar-refractivity contribution in [3.05, 3.63) is 311 Å². The molecule has 4 aliphatic heterocycles. The average Bonchev–Trinajstić information content (AvgIpc) is 1.62. The summed E-state index contributed by atoms with van der Waals surface area (Å²) in [4.78, 5) is 10.1. The van der Waals surface area contributed by atoms with E-state index >= 15 is 0 Å². The van der Waals surface area contributed by atoms with E-state index in [0.29, 0.717) is 26.2 Å². The summed E-state index contributed by atoms with van der Waals surface area (Å²) in [6.45, 7) is 27.4. The average molecular weight is 1880 g/mol. The van der Waals surface area contributed by atoms with Gasteiger partial charge < -0.3 is 78.1 Å². The van der Waals surface area contributed by atoms with E-state index in [2.05, 4.69) is 163 Å². The Morgan fingerprint density at radius 3 is 0.550 bits per heavy atom. The second-order valence-electron chi connectivity index (χ2n) is 38.2. The lowest BCUT2D eigenvalue weighted by Gasteiger charge is -2.19. The number of phenols is 8. The van der Waals surface area contributed by atoms with Crippen LogP contribution in [0, 0.1) is 27.7 Å². The van der Waals surface area contributed by atoms with Gasteiger partial charge in [-0.15, -0.1) is 0 Å². The highest BCUT2D eigenvalue weighted by Gasteiger charge is 2.25. The third kappa shape index (κ3) is 25.1. The summed E-state index contributed by atoms with van der Waals surface area (Å²) in [7, 11) is 0. The summed E-state index contributed by atoms with van der Waals surface area (Å²) < 4.78 is 33.3. The number of aromatic hydroxyl groups is 8. The number of fused-ring (bicyclic) bond motifs is 4. The van der Waals surface area contributed by atoms with Crippen molar-refractivity contribution in [1.29, 1.82) is 0 Å². The van der Waals surface area contributed by atoms with E-state index in [1.54, 1.807) is 72.8 Å². The zero-order chi connectivity index (χ0) is 96.8. The molecule has 0 unspecified atom stereocenters. The maximum Gasteiger partial charge on any atom is 0.119 e. The number of nitrogens with zero attached hydrogens (tertiary/aromatic N) is 8. The van der Waals surface area contributed by atoms with Crippen LogP contribution < -0.4 is 18.9 Å². The summed E-state index contributed by atoms with van der Waals surface area (Å²) in [6, 6.07) is 84.9. The Morgan fingerprint density at radius 1 is 0.200 bits per heavy atom. The molecule has 16 aromatic rings. The van der Waals surface area contributed by atoms with Gasteiger partial charge >= 0.3 is 0 Å². The number of likely N-dealkylation sites (tertiary alicyclic amines) is 4. The predicted octanol–water partition coefficient (Wildman–Crippen LogP) is 25.3. The fraction of sp³-hybridized carbons (Fsp3) is 0.333. The largest absolute Gasteiger partial charge is 0.508 e. The highest BCUT2D eigenvalue weighted by molar-refractivity contribution is 5.96. The normalized spacial score (nSPS) is 14.8. The molecule has 4 aliphatic rings. The van der Waals surface area contributed by atoms with Crippen molar-refractivity contribution in [3.8, 4) is 114 Å². The molecule has 0 saturated carbocycles. The molecule has 20 rings (SSSR count). The van der Waals surface area contributed by atoms with Gasteiger partial charge in [0.25, 0.3) is 0 Å². The van der Waals surface area contributed by atoms with Crippen molar-refractivity contribution >= 4 is 43.6 Å². The third-order valence-corrected chi connectivity index (χ3v) is 28.3. The topological polar surface area (TPSA) is 231 Å². The summed E-state index contributed by atoms with van der Waals surface area (Å²) in [5.74, 6) is 5.65. The SMILES string of the molecule is Cc1c(-c2ccc(O)cc2)n(Cc2ccc(OCCN3CCCCCC3)cc2)c2ccc(O)cc12.Cc1c(-c2ccc(O)cc2)n(Cc2ccc(OCCN3CCCCCC3)cc2)c2ccc(O)cc12.Cc1c(-c2ccc(O)cc2)n(Cc2ccc(OCCN3CCCCCC3)cc2)c2ccc(O)cc12.Cc1c(-c2ccc(O)cc2)n(Cc2ccc(OCCN3CCCCCC3)cc2)c2ccc(O)cc12. The second-order valence-corrected chi connectivity index (χ2v) is 38.2. The van der Waals surface area contributed by atoms with E-state index in [1.165, 1.54) is 177 Å². The van der Waals surface area contributed by atoms with Crippen LogP contribution in [-0.4, -0.2) is 184 Å². The van der Waals surface area contributed by atoms with Gasteiger partial charge in [0.15, 0.2) is 0 Å². The Kier molecular flexibility index (Phi) is 33.0. The summed E-state index contributed by atoms with van der Waals surface area (Å²) in [5.41, 5.74) is 21.9. The maximum atomic E-state index is 10.1. The molecule has 4 fully saturated rings. The Balaban J connectivity index is 0.000000129. The van der Waals surface area contributed by atoms with Crippen LogP contribution in [0.5, 0.6) is 69.0 Å². The molecule has 0 bridgehead atoms. The van der Waals surface area contributed by atoms with Gasteiger partial charge in [0, 0.05) is 96.0 Å². The molecule has 4 saturated heterocycles. The van der Waals surface area contributed by atoms with Crippen molar-refractivity contribution in [2.75, 3.05) is 105 Å². The molecule has 728 valence electrons. The van der Waals surface area contributed by atoms with Gasteiger partial charge in [-0.3, -0.25) is 19.6 Å². The smallest absolute Gasteiger partial charge is 0.119 e. The van der Waals surface area contributed by atoms with Crippen LogP contribution in [0.1, 0.15) is 147 Å². The lowest BCUT2D eigenvalue weighted by Crippen LogP contribution is -2.29. The molecule has 20 nitrogen and oxygen atoms in total. The van der Waals surface area contributed by atoms with Crippen molar-refractivity contribution < 1.29 is 59.8 Å². The predicted molar refractivity (Wildman–Crippen MR) is 566 cm³/mol. The Labute approximate surface area is 823 Å². The fourth-order valence-electron chi connectivity index (χ4n) is 20.8. The first-order chi connectivity index (χ1) is 68.3. The number of aromatic nitrogens is 4. The van der Waals surface area contributed by atoms with Gasteiger partial charge in [-0.05, 0) is 417 Å². The van der Waals surface area contributed by atoms with E-state index in [4.69, 9.17) is 18.9 Å². The van der Waals surface area contributed by atoms with Gasteiger partial charge in [0.05, 0.1) is 22.8 Å². The molecule has 20 heteroatoms. The minimum Gasteiger partial charge on any atom is -0.508 e. The van der Waals surface area contributed by atoms with Crippen LogP contribution in [0.15, 0.2) is 267 Å². The lowest BCUT2D eigenvalue weighted by atomic mass is 10.1. The molecular formula is C120H136N8O12. The zero-order valence-corrected chi connectivity index (χ0v) is 81.6. The highest BCUT2D eigenvalue weighted by Crippen LogP contribution is 2.43. The number of hydrogen-bond donors (Lipinski definition) is 8. The van der Waals surface area contributed by atoms with Crippen LogP contribution in [0.25, 0.3) is 88.6 Å². The van der Waals surface area contributed by atoms with Gasteiger partial charge in [0.2, 0.25) is 0 Å². The number of benzene rings is 12. The molecule has 8 heterocycles. The number of hydrogen-bond acceptors (Lipinski definition) is 16. The third-order valence-electron chi connectivity index (χ3n) is 28.3. The van der Waals surface area contributed by atoms with Crippen LogP contribution in [0.4, 0.5) is 0 Å². The molecule has 140 heavy (non-hydrogen) atoms. The van der Waals surface area contributed by atoms with Crippen molar-refractivity contribution in [2.24, 2.45) is 0 Å². The number of phenolic OH excluding ortho intramolecular Hbond substituents is 8. The molecule has 12 aromatic carbocycles. The maximum absolute atomic E-state index is 10.1. The van der Waals surface area contributed by atoms with E-state index in [1.807, 2.05) is 97.1 Å².